The molecule has 0 aliphatic heterocycles. The van der Waals surface area contributed by atoms with Gasteiger partial charge in [-0.1, -0.05) is 6.07 Å². The zero-order chi connectivity index (χ0) is 14.0. The number of anilines is 2. The van der Waals surface area contributed by atoms with Gasteiger partial charge in [0.15, 0.2) is 0 Å². The smallest absolute Gasteiger partial charge is 0.256 e. The average molecular weight is 258 g/mol. The van der Waals surface area contributed by atoms with Gasteiger partial charge in [-0.15, -0.1) is 0 Å². The van der Waals surface area contributed by atoms with Gasteiger partial charge in [0.05, 0.1) is 0 Å². The quantitative estimate of drug-likeness (QED) is 0.812. The minimum absolute atomic E-state index is 0.329. The first-order chi connectivity index (χ1) is 8.97. The second-order valence-electron chi connectivity index (χ2n) is 4.49. The SMILES string of the molecule is Cc1cc(N)ccc1NC(=O)c1cc(F)ccc1C. The van der Waals surface area contributed by atoms with Crippen molar-refractivity contribution in [1.29, 1.82) is 0 Å². The molecule has 2 aromatic carbocycles. The molecule has 0 saturated heterocycles. The summed E-state index contributed by atoms with van der Waals surface area (Å²) in [6.07, 6.45) is 0. The van der Waals surface area contributed by atoms with Crippen molar-refractivity contribution >= 4 is 17.3 Å². The highest BCUT2D eigenvalue weighted by Crippen LogP contribution is 2.19. The van der Waals surface area contributed by atoms with E-state index in [4.69, 9.17) is 5.73 Å². The van der Waals surface area contributed by atoms with Crippen molar-refractivity contribution in [2.45, 2.75) is 13.8 Å². The Morgan fingerprint density at radius 2 is 1.84 bits per heavy atom. The van der Waals surface area contributed by atoms with Crippen LogP contribution in [0.4, 0.5) is 15.8 Å². The third kappa shape index (κ3) is 2.91. The number of halogens is 1. The molecule has 0 bridgehead atoms. The summed E-state index contributed by atoms with van der Waals surface area (Å²) >= 11 is 0. The lowest BCUT2D eigenvalue weighted by atomic mass is 10.1. The first kappa shape index (κ1) is 13.1. The van der Waals surface area contributed by atoms with Crippen LogP contribution in [0, 0.1) is 19.7 Å². The Hall–Kier alpha value is -2.36. The number of amides is 1. The molecular weight excluding hydrogens is 243 g/mol. The zero-order valence-electron chi connectivity index (χ0n) is 10.8. The predicted molar refractivity (Wildman–Crippen MR) is 74.7 cm³/mol. The molecule has 19 heavy (non-hydrogen) atoms. The molecule has 98 valence electrons. The van der Waals surface area contributed by atoms with E-state index in [1.54, 1.807) is 31.2 Å². The largest absolute Gasteiger partial charge is 0.399 e. The predicted octanol–water partition coefficient (Wildman–Crippen LogP) is 3.28. The number of nitrogens with one attached hydrogen (secondary N) is 1. The van der Waals surface area contributed by atoms with E-state index >= 15 is 0 Å². The van der Waals surface area contributed by atoms with E-state index in [0.29, 0.717) is 16.9 Å². The van der Waals surface area contributed by atoms with E-state index in [1.165, 1.54) is 12.1 Å². The molecule has 0 radical (unpaired) electrons. The van der Waals surface area contributed by atoms with Gasteiger partial charge in [-0.05, 0) is 55.3 Å². The molecular formula is C15H15FN2O. The van der Waals surface area contributed by atoms with Gasteiger partial charge in [0.1, 0.15) is 5.82 Å². The van der Waals surface area contributed by atoms with Gasteiger partial charge in [-0.25, -0.2) is 4.39 Å². The van der Waals surface area contributed by atoms with Gasteiger partial charge < -0.3 is 11.1 Å². The van der Waals surface area contributed by atoms with Crippen molar-refractivity contribution in [3.63, 3.8) is 0 Å². The second kappa shape index (κ2) is 5.10. The Bertz CT molecular complexity index is 638. The van der Waals surface area contributed by atoms with Crippen molar-refractivity contribution < 1.29 is 9.18 Å². The van der Waals surface area contributed by atoms with Gasteiger partial charge in [0, 0.05) is 16.9 Å². The number of nitrogens with two attached hydrogens (primary N) is 1. The van der Waals surface area contributed by atoms with Crippen molar-refractivity contribution in [2.24, 2.45) is 0 Å². The van der Waals surface area contributed by atoms with E-state index in [0.717, 1.165) is 11.1 Å². The van der Waals surface area contributed by atoms with Crippen molar-refractivity contribution in [3.8, 4) is 0 Å². The first-order valence-corrected chi connectivity index (χ1v) is 5.91. The van der Waals surface area contributed by atoms with Crippen LogP contribution in [0.3, 0.4) is 0 Å². The van der Waals surface area contributed by atoms with Gasteiger partial charge in [0.2, 0.25) is 0 Å². The number of hydrogen-bond donors (Lipinski definition) is 2. The Morgan fingerprint density at radius 3 is 2.53 bits per heavy atom. The maximum atomic E-state index is 13.2. The molecule has 0 aliphatic carbocycles. The molecule has 0 spiro atoms. The molecule has 2 rings (SSSR count). The molecule has 0 atom stereocenters. The molecule has 4 heteroatoms. The summed E-state index contributed by atoms with van der Waals surface area (Å²) < 4.78 is 13.2. The van der Waals surface area contributed by atoms with Crippen LogP contribution in [0.15, 0.2) is 36.4 Å². The van der Waals surface area contributed by atoms with Crippen LogP contribution < -0.4 is 11.1 Å². The van der Waals surface area contributed by atoms with Gasteiger partial charge in [-0.3, -0.25) is 4.79 Å². The number of nitrogen functional groups attached to an aromatic ring is 1. The van der Waals surface area contributed by atoms with Gasteiger partial charge in [0.25, 0.3) is 5.91 Å². The monoisotopic (exact) mass is 258 g/mol. The molecule has 3 nitrogen and oxygen atoms in total. The van der Waals surface area contributed by atoms with Crippen LogP contribution >= 0.6 is 0 Å². The highest BCUT2D eigenvalue weighted by Gasteiger charge is 2.11. The average Bonchev–Trinajstić information content (AvgIpc) is 2.35. The fraction of sp³-hybridized carbons (Fsp3) is 0.133. The Balaban J connectivity index is 2.28. The van der Waals surface area contributed by atoms with Crippen molar-refractivity contribution in [1.82, 2.24) is 0 Å². The molecule has 0 aliphatic rings. The van der Waals surface area contributed by atoms with E-state index in [9.17, 15) is 9.18 Å². The van der Waals surface area contributed by atoms with Crippen LogP contribution in [0.25, 0.3) is 0 Å². The topological polar surface area (TPSA) is 55.1 Å². The molecule has 3 N–H and O–H groups in total. The third-order valence-corrected chi connectivity index (χ3v) is 2.94. The normalized spacial score (nSPS) is 10.3. The van der Waals surface area contributed by atoms with Crippen molar-refractivity contribution in [3.05, 3.63) is 58.9 Å². The minimum Gasteiger partial charge on any atom is -0.399 e. The van der Waals surface area contributed by atoms with E-state index < -0.39 is 5.82 Å². The zero-order valence-corrected chi connectivity index (χ0v) is 10.8. The standard InChI is InChI=1S/C15H15FN2O/c1-9-3-4-11(16)8-13(9)15(19)18-14-6-5-12(17)7-10(14)2/h3-8H,17H2,1-2H3,(H,18,19). The fourth-order valence-corrected chi connectivity index (χ4v) is 1.86. The fourth-order valence-electron chi connectivity index (χ4n) is 1.86. The Labute approximate surface area is 111 Å². The van der Waals surface area contributed by atoms with Crippen LogP contribution in [0.1, 0.15) is 21.5 Å². The van der Waals surface area contributed by atoms with E-state index in [1.807, 2.05) is 6.92 Å². The number of carbonyl (C=O) groups is 1. The number of aryl methyl sites for hydroxylation is 2. The van der Waals surface area contributed by atoms with E-state index in [2.05, 4.69) is 5.32 Å². The molecule has 2 aromatic rings. The third-order valence-electron chi connectivity index (χ3n) is 2.94. The summed E-state index contributed by atoms with van der Waals surface area (Å²) in [7, 11) is 0. The summed E-state index contributed by atoms with van der Waals surface area (Å²) in [5.41, 5.74) is 8.88. The lowest BCUT2D eigenvalue weighted by Crippen LogP contribution is -2.14. The van der Waals surface area contributed by atoms with Crippen molar-refractivity contribution in [2.75, 3.05) is 11.1 Å². The first-order valence-electron chi connectivity index (χ1n) is 5.91. The van der Waals surface area contributed by atoms with Gasteiger partial charge >= 0.3 is 0 Å². The van der Waals surface area contributed by atoms with Crippen LogP contribution in [0.5, 0.6) is 0 Å². The number of rotatable bonds is 2. The summed E-state index contributed by atoms with van der Waals surface area (Å²) in [5.74, 6) is -0.755. The second-order valence-corrected chi connectivity index (χ2v) is 4.49. The number of benzene rings is 2. The summed E-state index contributed by atoms with van der Waals surface area (Å²) in [6.45, 7) is 3.62. The Kier molecular flexibility index (Phi) is 3.51. The lowest BCUT2D eigenvalue weighted by Gasteiger charge is -2.10. The van der Waals surface area contributed by atoms with Crippen LogP contribution in [-0.4, -0.2) is 5.91 Å². The maximum absolute atomic E-state index is 13.2. The van der Waals surface area contributed by atoms with Crippen LogP contribution in [0.2, 0.25) is 0 Å². The lowest BCUT2D eigenvalue weighted by molar-refractivity contribution is 0.102. The van der Waals surface area contributed by atoms with E-state index in [-0.39, 0.29) is 5.91 Å². The minimum atomic E-state index is -0.426. The molecule has 0 aromatic heterocycles. The molecule has 0 heterocycles. The Morgan fingerprint density at radius 1 is 1.11 bits per heavy atom. The molecule has 0 fully saturated rings. The highest BCUT2D eigenvalue weighted by molar-refractivity contribution is 6.05. The van der Waals surface area contributed by atoms with Crippen LogP contribution in [-0.2, 0) is 0 Å². The summed E-state index contributed by atoms with van der Waals surface area (Å²) in [6, 6.07) is 9.37. The summed E-state index contributed by atoms with van der Waals surface area (Å²) in [5, 5.41) is 2.76. The summed E-state index contributed by atoms with van der Waals surface area (Å²) in [4.78, 5) is 12.1. The molecule has 1 amide bonds. The highest BCUT2D eigenvalue weighted by atomic mass is 19.1. The van der Waals surface area contributed by atoms with Gasteiger partial charge in [-0.2, -0.15) is 0 Å². The number of carbonyl (C=O) groups excluding carboxylic acids is 1. The maximum Gasteiger partial charge on any atom is 0.256 e. The molecule has 0 saturated carbocycles. The molecule has 0 unspecified atom stereocenters. The number of hydrogen-bond acceptors (Lipinski definition) is 2.